The molecule has 19 heteroatoms. The van der Waals surface area contributed by atoms with E-state index in [2.05, 4.69) is 45.4 Å². The average Bonchev–Trinajstić information content (AvgIpc) is 3.31. The standard InChI is InChI=1S/C22H34O9.C16H30O7.C6H15N.C3H3ClO.CH4/c1-3-19(23)28-13-9-5-7-11-21(25)30-17-15-27-16-18-31-22(26)12-8-6-10-14-29-20(24)4-2;17-9-5-1-3-7-15(19)22-13-11-21-12-14-23-16(20)8-4-2-6-10-18;1-4-7(5-2)6-3;1-2-3(4)5;/h3-4H,1-2,5-18H2;17-18H,1-14H2;4-6H2,1-3H3;2H,1H2;1H4. The zero-order valence-corrected chi connectivity index (χ0v) is 40.9. The Hall–Kier alpha value is -4.20. The van der Waals surface area contributed by atoms with Crippen LogP contribution in [0.1, 0.15) is 131 Å². The first-order chi connectivity index (χ1) is 31.8. The van der Waals surface area contributed by atoms with Gasteiger partial charge in [-0.15, -0.1) is 0 Å². The van der Waals surface area contributed by atoms with E-state index in [1.165, 1.54) is 19.6 Å². The first-order valence-electron chi connectivity index (χ1n) is 22.9. The van der Waals surface area contributed by atoms with Gasteiger partial charge < -0.3 is 53.0 Å². The number of allylic oxidation sites excluding steroid dienone is 1. The predicted molar refractivity (Wildman–Crippen MR) is 257 cm³/mol. The highest BCUT2D eigenvalue weighted by atomic mass is 35.5. The molecule has 0 fully saturated rings. The molecule has 0 aromatic carbocycles. The molecular formula is C48H86ClNO17. The Kier molecular flexibility index (Phi) is 64.1. The van der Waals surface area contributed by atoms with Crippen molar-refractivity contribution in [1.29, 1.82) is 0 Å². The number of hydrogen-bond donors (Lipinski definition) is 2. The molecule has 392 valence electrons. The smallest absolute Gasteiger partial charge is 0.330 e. The molecule has 67 heavy (non-hydrogen) atoms. The van der Waals surface area contributed by atoms with Crippen LogP contribution >= 0.6 is 11.6 Å². The monoisotopic (exact) mass is 984 g/mol. The molecule has 0 amide bonds. The van der Waals surface area contributed by atoms with Gasteiger partial charge in [-0.25, -0.2) is 9.59 Å². The minimum atomic E-state index is -0.509. The van der Waals surface area contributed by atoms with Gasteiger partial charge in [0.2, 0.25) is 5.24 Å². The summed E-state index contributed by atoms with van der Waals surface area (Å²) in [5.74, 6) is -2.04. The molecule has 0 saturated heterocycles. The normalized spacial score (nSPS) is 9.84. The van der Waals surface area contributed by atoms with E-state index < -0.39 is 17.2 Å². The number of unbranched alkanes of at least 4 members (excludes halogenated alkanes) is 8. The average molecular weight is 985 g/mol. The van der Waals surface area contributed by atoms with E-state index in [0.29, 0.717) is 90.3 Å². The second kappa shape index (κ2) is 59.8. The molecule has 0 radical (unpaired) electrons. The third kappa shape index (κ3) is 66.2. The zero-order valence-electron chi connectivity index (χ0n) is 40.1. The molecule has 2 N–H and O–H groups in total. The maximum Gasteiger partial charge on any atom is 0.330 e. The molecule has 0 aliphatic carbocycles. The summed E-state index contributed by atoms with van der Waals surface area (Å²) >= 11 is 4.71. The van der Waals surface area contributed by atoms with Gasteiger partial charge in [0, 0.05) is 51.0 Å². The fourth-order valence-corrected chi connectivity index (χ4v) is 4.70. The van der Waals surface area contributed by atoms with Crippen molar-refractivity contribution in [2.24, 2.45) is 0 Å². The van der Waals surface area contributed by atoms with Crippen LogP contribution in [0.4, 0.5) is 0 Å². The summed E-state index contributed by atoms with van der Waals surface area (Å²) in [6.07, 6.45) is 13.2. The van der Waals surface area contributed by atoms with Crippen LogP contribution in [-0.4, -0.2) is 155 Å². The maximum atomic E-state index is 11.5. The molecule has 0 bridgehead atoms. The fraction of sp³-hybridized carbons (Fsp3) is 0.729. The fourth-order valence-electron chi connectivity index (χ4n) is 4.70. The first-order valence-corrected chi connectivity index (χ1v) is 23.3. The number of rotatable bonds is 40. The molecule has 18 nitrogen and oxygen atoms in total. The largest absolute Gasteiger partial charge is 0.463 e. The predicted octanol–water partition coefficient (Wildman–Crippen LogP) is 6.79. The topological polar surface area (TPSA) is 237 Å². The second-order valence-corrected chi connectivity index (χ2v) is 14.0. The van der Waals surface area contributed by atoms with Gasteiger partial charge >= 0.3 is 35.8 Å². The van der Waals surface area contributed by atoms with Crippen LogP contribution in [0, 0.1) is 0 Å². The van der Waals surface area contributed by atoms with Gasteiger partial charge in [-0.3, -0.25) is 24.0 Å². The summed E-state index contributed by atoms with van der Waals surface area (Å²) in [5.41, 5.74) is 0. The van der Waals surface area contributed by atoms with Gasteiger partial charge in [-0.05, 0) is 102 Å². The van der Waals surface area contributed by atoms with Crippen molar-refractivity contribution in [1.82, 2.24) is 4.90 Å². The van der Waals surface area contributed by atoms with Gasteiger partial charge in [0.15, 0.2) is 0 Å². The second-order valence-electron chi connectivity index (χ2n) is 13.7. The van der Waals surface area contributed by atoms with E-state index >= 15 is 0 Å². The maximum absolute atomic E-state index is 11.5. The van der Waals surface area contributed by atoms with Crippen LogP contribution in [0.3, 0.4) is 0 Å². The van der Waals surface area contributed by atoms with Crippen LogP contribution < -0.4 is 0 Å². The molecule has 0 heterocycles. The van der Waals surface area contributed by atoms with Crippen molar-refractivity contribution in [2.75, 3.05) is 98.9 Å². The number of halogens is 1. The van der Waals surface area contributed by atoms with Gasteiger partial charge in [0.05, 0.1) is 39.6 Å². The lowest BCUT2D eigenvalue weighted by atomic mass is 10.2. The Bertz CT molecular complexity index is 1170. The number of nitrogens with zero attached hydrogens (tertiary/aromatic N) is 1. The molecule has 0 atom stereocenters. The molecule has 0 rings (SSSR count). The molecule has 0 spiro atoms. The van der Waals surface area contributed by atoms with Crippen LogP contribution in [-0.2, 0) is 71.5 Å². The third-order valence-electron chi connectivity index (χ3n) is 8.42. The quantitative estimate of drug-likeness (QED) is 0.0211. The van der Waals surface area contributed by atoms with E-state index in [-0.39, 0.29) is 97.4 Å². The summed E-state index contributed by atoms with van der Waals surface area (Å²) in [6.45, 7) is 22.4. The molecule has 0 aliphatic rings. The number of aliphatic hydroxyl groups excluding tert-OH is 2. The number of carbonyl (C=O) groups excluding carboxylic acids is 7. The Morgan fingerprint density at radius 1 is 0.418 bits per heavy atom. The van der Waals surface area contributed by atoms with Crippen LogP contribution in [0.5, 0.6) is 0 Å². The van der Waals surface area contributed by atoms with E-state index in [1.54, 1.807) is 0 Å². The molecule has 0 aromatic heterocycles. The number of hydrogen-bond acceptors (Lipinski definition) is 18. The summed E-state index contributed by atoms with van der Waals surface area (Å²) in [6, 6.07) is 0. The highest BCUT2D eigenvalue weighted by molar-refractivity contribution is 6.66. The number of esters is 6. The summed E-state index contributed by atoms with van der Waals surface area (Å²) in [7, 11) is 0. The van der Waals surface area contributed by atoms with Gasteiger partial charge in [0.25, 0.3) is 0 Å². The molecular weight excluding hydrogens is 898 g/mol. The Labute approximate surface area is 406 Å². The Balaban J connectivity index is -0.000000310. The van der Waals surface area contributed by atoms with Crippen LogP contribution in [0.2, 0.25) is 0 Å². The van der Waals surface area contributed by atoms with Gasteiger partial charge in [-0.1, -0.05) is 60.8 Å². The summed E-state index contributed by atoms with van der Waals surface area (Å²) in [5, 5.41) is 16.7. The highest BCUT2D eigenvalue weighted by Crippen LogP contribution is 2.05. The number of carbonyl (C=O) groups is 7. The lowest BCUT2D eigenvalue weighted by Crippen LogP contribution is -2.21. The van der Waals surface area contributed by atoms with E-state index in [1.807, 2.05) is 0 Å². The van der Waals surface area contributed by atoms with E-state index in [9.17, 15) is 33.6 Å². The van der Waals surface area contributed by atoms with Crippen molar-refractivity contribution in [2.45, 2.75) is 131 Å². The van der Waals surface area contributed by atoms with Crippen LogP contribution in [0.15, 0.2) is 38.0 Å². The summed E-state index contributed by atoms with van der Waals surface area (Å²) in [4.78, 5) is 79.2. The van der Waals surface area contributed by atoms with E-state index in [4.69, 9.17) is 59.7 Å². The SMILES string of the molecule is C.C=CC(=O)Cl.C=CC(=O)OCCCCCC(=O)OCCOCCOC(=O)CCCCCOC(=O)C=C.CCN(CC)CC.O=C(CCCCCO)OCCOCCOC(=O)CCCCCO. The van der Waals surface area contributed by atoms with Crippen molar-refractivity contribution >= 4 is 52.7 Å². The molecule has 0 aliphatic heterocycles. The van der Waals surface area contributed by atoms with Gasteiger partial charge in [-0.2, -0.15) is 0 Å². The van der Waals surface area contributed by atoms with Crippen molar-refractivity contribution < 1.29 is 81.7 Å². The van der Waals surface area contributed by atoms with Crippen LogP contribution in [0.25, 0.3) is 0 Å². The minimum absolute atomic E-state index is 0. The minimum Gasteiger partial charge on any atom is -0.463 e. The lowest BCUT2D eigenvalue weighted by molar-refractivity contribution is -0.148. The van der Waals surface area contributed by atoms with E-state index in [0.717, 1.165) is 43.9 Å². The molecule has 0 aromatic rings. The van der Waals surface area contributed by atoms with Crippen molar-refractivity contribution in [3.05, 3.63) is 38.0 Å². The molecule has 0 saturated carbocycles. The lowest BCUT2D eigenvalue weighted by Gasteiger charge is -2.13. The van der Waals surface area contributed by atoms with Crippen molar-refractivity contribution in [3.8, 4) is 0 Å². The van der Waals surface area contributed by atoms with Gasteiger partial charge in [0.1, 0.15) is 26.4 Å². The first kappa shape index (κ1) is 71.8. The third-order valence-corrected chi connectivity index (χ3v) is 8.57. The Morgan fingerprint density at radius 2 is 0.687 bits per heavy atom. The number of ether oxygens (including phenoxy) is 8. The summed E-state index contributed by atoms with van der Waals surface area (Å²) < 4.78 is 40.1. The highest BCUT2D eigenvalue weighted by Gasteiger charge is 2.07. The van der Waals surface area contributed by atoms with Crippen molar-refractivity contribution in [3.63, 3.8) is 0 Å². The zero-order chi connectivity index (χ0) is 50.3. The Morgan fingerprint density at radius 3 is 0.896 bits per heavy atom. The number of aliphatic hydroxyl groups is 2. The molecule has 0 unspecified atom stereocenters.